The second kappa shape index (κ2) is 7.68. The molecule has 0 bridgehead atoms. The summed E-state index contributed by atoms with van der Waals surface area (Å²) in [7, 11) is 0. The second-order valence-electron chi connectivity index (χ2n) is 6.03. The maximum Gasteiger partial charge on any atom is 0.338 e. The van der Waals surface area contributed by atoms with E-state index in [2.05, 4.69) is 20.2 Å². The van der Waals surface area contributed by atoms with E-state index in [1.807, 2.05) is 0 Å². The van der Waals surface area contributed by atoms with Crippen molar-refractivity contribution in [2.24, 2.45) is 0 Å². The van der Waals surface area contributed by atoms with Gasteiger partial charge in [0.2, 0.25) is 5.95 Å². The van der Waals surface area contributed by atoms with Gasteiger partial charge in [-0.05, 0) is 25.1 Å². The lowest BCUT2D eigenvalue weighted by Crippen LogP contribution is -2.19. The number of nitrogens with zero attached hydrogens (tertiary/aromatic N) is 5. The average Bonchev–Trinajstić information content (AvgIpc) is 3.30. The molecule has 1 aromatic carbocycles. The Hall–Kier alpha value is -3.18. The van der Waals surface area contributed by atoms with Crippen molar-refractivity contribution in [2.75, 3.05) is 0 Å². The molecule has 12 heteroatoms. The van der Waals surface area contributed by atoms with Crippen molar-refractivity contribution >= 4 is 42.1 Å². The van der Waals surface area contributed by atoms with Gasteiger partial charge in [0.25, 0.3) is 5.56 Å². The van der Waals surface area contributed by atoms with Crippen LogP contribution < -0.4 is 5.56 Å². The van der Waals surface area contributed by atoms with Gasteiger partial charge in [0.1, 0.15) is 11.3 Å². The second-order valence-corrected chi connectivity index (χ2v) is 6.47. The van der Waals surface area contributed by atoms with Gasteiger partial charge in [-0.3, -0.25) is 14.5 Å². The third-order valence-electron chi connectivity index (χ3n) is 4.26. The molecule has 0 fully saturated rings. The molecule has 3 aromatic heterocycles. The van der Waals surface area contributed by atoms with Crippen molar-refractivity contribution in [2.45, 2.75) is 13.0 Å². The minimum absolute atomic E-state index is 0. The monoisotopic (exact) mass is 436 g/mol. The largest absolute Gasteiger partial charge is 0.478 e. The summed E-state index contributed by atoms with van der Waals surface area (Å²) >= 11 is 5.96. The first kappa shape index (κ1) is 20.6. The van der Waals surface area contributed by atoms with Gasteiger partial charge in [-0.2, -0.15) is 23.7 Å². The highest BCUT2D eigenvalue weighted by molar-refractivity contribution is 7.59. The van der Waals surface area contributed by atoms with Crippen molar-refractivity contribution in [3.8, 4) is 5.95 Å². The molecule has 4 rings (SSSR count). The van der Waals surface area contributed by atoms with Crippen molar-refractivity contribution < 1.29 is 14.3 Å². The molecule has 150 valence electrons. The topological polar surface area (TPSA) is 119 Å². The van der Waals surface area contributed by atoms with E-state index in [-0.39, 0.29) is 41.6 Å². The molecule has 0 saturated carbocycles. The summed E-state index contributed by atoms with van der Waals surface area (Å²) in [6, 6.07) is 3.54. The predicted octanol–water partition coefficient (Wildman–Crippen LogP) is 2.52. The maximum atomic E-state index is 14.2. The van der Waals surface area contributed by atoms with Crippen LogP contribution in [0.4, 0.5) is 4.39 Å². The zero-order chi connectivity index (χ0) is 20.0. The Balaban J connectivity index is 0.00000240. The number of hydrogen-bond donors (Lipinski definition) is 2. The van der Waals surface area contributed by atoms with Crippen LogP contribution in [-0.2, 0) is 0 Å². The molecule has 2 N–H and O–H groups in total. The molecule has 4 aromatic rings. The van der Waals surface area contributed by atoms with E-state index in [4.69, 9.17) is 16.7 Å². The highest BCUT2D eigenvalue weighted by Crippen LogP contribution is 2.25. The number of H-pyrrole nitrogens is 1. The molecule has 0 saturated heterocycles. The Morgan fingerprint density at radius 3 is 2.76 bits per heavy atom. The van der Waals surface area contributed by atoms with Crippen LogP contribution in [0.3, 0.4) is 0 Å². The lowest BCUT2D eigenvalue weighted by Gasteiger charge is -2.14. The molecule has 1 atom stereocenters. The molecule has 0 aliphatic rings. The Morgan fingerprint density at radius 2 is 2.07 bits per heavy atom. The first-order valence-corrected chi connectivity index (χ1v) is 8.44. The Bertz CT molecular complexity index is 1280. The van der Waals surface area contributed by atoms with Crippen LogP contribution >= 0.6 is 25.1 Å². The quantitative estimate of drug-likeness (QED) is 0.507. The molecular formula is C17H14ClFN6O3S. The molecular weight excluding hydrogens is 423 g/mol. The van der Waals surface area contributed by atoms with Crippen LogP contribution in [-0.4, -0.2) is 40.6 Å². The van der Waals surface area contributed by atoms with Gasteiger partial charge in [-0.15, -0.1) is 0 Å². The number of hydrogen-bond acceptors (Lipinski definition) is 5. The molecule has 0 unspecified atom stereocenters. The van der Waals surface area contributed by atoms with Crippen molar-refractivity contribution in [3.05, 3.63) is 69.1 Å². The van der Waals surface area contributed by atoms with Crippen molar-refractivity contribution in [1.29, 1.82) is 0 Å². The minimum Gasteiger partial charge on any atom is -0.478 e. The number of aromatic carboxylic acids is 1. The van der Waals surface area contributed by atoms with E-state index in [1.54, 1.807) is 6.92 Å². The van der Waals surface area contributed by atoms with Gasteiger partial charge >= 0.3 is 5.97 Å². The molecule has 9 nitrogen and oxygen atoms in total. The highest BCUT2D eigenvalue weighted by Gasteiger charge is 2.20. The zero-order valence-corrected chi connectivity index (χ0v) is 16.6. The molecule has 0 radical (unpaired) electrons. The zero-order valence-electron chi connectivity index (χ0n) is 14.8. The summed E-state index contributed by atoms with van der Waals surface area (Å²) in [6.45, 7) is 1.68. The van der Waals surface area contributed by atoms with Gasteiger partial charge in [0.15, 0.2) is 5.52 Å². The van der Waals surface area contributed by atoms with Crippen molar-refractivity contribution in [3.63, 3.8) is 0 Å². The number of carbonyl (C=O) groups is 1. The Kier molecular flexibility index (Phi) is 5.44. The summed E-state index contributed by atoms with van der Waals surface area (Å²) in [4.78, 5) is 30.4. The summed E-state index contributed by atoms with van der Waals surface area (Å²) in [5, 5.41) is 17.4. The van der Waals surface area contributed by atoms with Crippen molar-refractivity contribution in [1.82, 2.24) is 29.5 Å². The molecule has 0 spiro atoms. The highest BCUT2D eigenvalue weighted by atomic mass is 35.5. The minimum atomic E-state index is -1.15. The Morgan fingerprint density at radius 1 is 1.31 bits per heavy atom. The number of rotatable bonds is 4. The Labute approximate surface area is 174 Å². The molecule has 0 aliphatic carbocycles. The van der Waals surface area contributed by atoms with Crippen LogP contribution in [0.1, 0.15) is 28.9 Å². The number of carboxylic acids is 1. The number of nitrogens with one attached hydrogen (secondary N) is 1. The maximum absolute atomic E-state index is 14.2. The fourth-order valence-electron chi connectivity index (χ4n) is 2.88. The molecule has 3 heterocycles. The van der Waals surface area contributed by atoms with E-state index in [1.165, 1.54) is 35.3 Å². The number of fused-ring (bicyclic) bond motifs is 1. The molecule has 0 aliphatic heterocycles. The summed E-state index contributed by atoms with van der Waals surface area (Å²) in [5.74, 6) is -1.59. The van der Waals surface area contributed by atoms with E-state index in [9.17, 15) is 14.0 Å². The first-order valence-electron chi connectivity index (χ1n) is 8.06. The standard InChI is InChI=1S/C17H12ClFN6O3.H2S/c1-8(11-4-10(18)2-3-12(11)19)25-14-13(6-21-25)22-17(23-15(14)26)24-7-9(5-20-24)16(27)28;/h2-8H,1H3,(H,27,28)(H,22,23,26);1H2/t8-;/m0./s1. The lowest BCUT2D eigenvalue weighted by atomic mass is 10.1. The van der Waals surface area contributed by atoms with E-state index in [0.29, 0.717) is 5.02 Å². The van der Waals surface area contributed by atoms with Crippen LogP contribution in [0.15, 0.2) is 41.6 Å². The van der Waals surface area contributed by atoms with Gasteiger partial charge in [0.05, 0.1) is 24.0 Å². The summed E-state index contributed by atoms with van der Waals surface area (Å²) < 4.78 is 16.7. The fourth-order valence-corrected chi connectivity index (χ4v) is 3.06. The number of halogens is 2. The third kappa shape index (κ3) is 3.61. The lowest BCUT2D eigenvalue weighted by molar-refractivity contribution is 0.0697. The van der Waals surface area contributed by atoms with Gasteiger partial charge in [0, 0.05) is 16.8 Å². The van der Waals surface area contributed by atoms with Crippen LogP contribution in [0.25, 0.3) is 17.0 Å². The first-order chi connectivity index (χ1) is 13.3. The van der Waals surface area contributed by atoms with Gasteiger partial charge in [-0.25, -0.2) is 18.9 Å². The number of carboxylic acid groups (broad SMARTS) is 1. The van der Waals surface area contributed by atoms with Crippen LogP contribution in [0.5, 0.6) is 0 Å². The molecule has 0 amide bonds. The third-order valence-corrected chi connectivity index (χ3v) is 4.50. The predicted molar refractivity (Wildman–Crippen MR) is 108 cm³/mol. The normalized spacial score (nSPS) is 12.0. The van der Waals surface area contributed by atoms with Gasteiger partial charge in [-0.1, -0.05) is 11.6 Å². The van der Waals surface area contributed by atoms with Crippen LogP contribution in [0, 0.1) is 5.82 Å². The smallest absolute Gasteiger partial charge is 0.338 e. The van der Waals surface area contributed by atoms with Gasteiger partial charge < -0.3 is 5.11 Å². The fraction of sp³-hybridized carbons (Fsp3) is 0.118. The average molecular weight is 437 g/mol. The summed E-state index contributed by atoms with van der Waals surface area (Å²) in [6.07, 6.45) is 3.73. The van der Waals surface area contributed by atoms with Crippen LogP contribution in [0.2, 0.25) is 5.02 Å². The van der Waals surface area contributed by atoms with E-state index < -0.39 is 23.4 Å². The SMILES string of the molecule is C[C@@H](c1cc(Cl)ccc1F)n1ncc2nc(-n3cc(C(=O)O)cn3)[nH]c(=O)c21.S. The van der Waals surface area contributed by atoms with E-state index in [0.717, 1.165) is 10.9 Å². The molecule has 29 heavy (non-hydrogen) atoms. The number of aromatic amines is 1. The number of aromatic nitrogens is 6. The summed E-state index contributed by atoms with van der Waals surface area (Å²) in [5.41, 5.74) is 0.0865. The van der Waals surface area contributed by atoms with E-state index >= 15 is 0 Å². The number of benzene rings is 1.